The molecule has 0 aliphatic rings. The Bertz CT molecular complexity index is 1440. The third-order valence-corrected chi connectivity index (χ3v) is 7.39. The molecule has 1 N–H and O–H groups in total. The third-order valence-electron chi connectivity index (χ3n) is 5.29. The number of anilines is 1. The monoisotopic (exact) mass is 495 g/mol. The normalized spacial score (nSPS) is 12.1. The fraction of sp³-hybridized carbons (Fsp3) is 0.292. The minimum Gasteiger partial charge on any atom is -0.457 e. The van der Waals surface area contributed by atoms with Crippen LogP contribution in [0.4, 0.5) is 5.13 Å². The predicted molar refractivity (Wildman–Crippen MR) is 136 cm³/mol. The molecule has 0 aliphatic heterocycles. The van der Waals surface area contributed by atoms with Crippen LogP contribution in [0.15, 0.2) is 36.0 Å². The number of carbonyl (C=O) groups excluding carboxylic acids is 2. The van der Waals surface area contributed by atoms with Crippen molar-refractivity contribution in [3.8, 4) is 0 Å². The fourth-order valence-electron chi connectivity index (χ4n) is 3.75. The lowest BCUT2D eigenvalue weighted by atomic mass is 10.0. The molecule has 0 saturated heterocycles. The topological polar surface area (TPSA) is 98.5 Å². The molecule has 8 nitrogen and oxygen atoms in total. The van der Waals surface area contributed by atoms with Crippen LogP contribution < -0.4 is 5.32 Å². The molecule has 3 heterocycles. The molecule has 0 spiro atoms. The number of esters is 1. The molecule has 0 saturated carbocycles. The average molecular weight is 496 g/mol. The first-order chi connectivity index (χ1) is 16.2. The van der Waals surface area contributed by atoms with Gasteiger partial charge in [-0.05, 0) is 57.9 Å². The Labute approximate surface area is 205 Å². The fourth-order valence-corrected chi connectivity index (χ4v) is 5.47. The lowest BCUT2D eigenvalue weighted by Crippen LogP contribution is -2.22. The first-order valence-corrected chi connectivity index (χ1v) is 12.4. The van der Waals surface area contributed by atoms with E-state index < -0.39 is 11.2 Å². The number of amides is 1. The first-order valence-electron chi connectivity index (χ1n) is 10.7. The van der Waals surface area contributed by atoms with E-state index >= 15 is 0 Å². The van der Waals surface area contributed by atoms with Gasteiger partial charge in [-0.25, -0.2) is 9.78 Å². The van der Waals surface area contributed by atoms with Crippen LogP contribution in [-0.4, -0.2) is 43.3 Å². The van der Waals surface area contributed by atoms with E-state index in [1.807, 2.05) is 10.5 Å². The van der Waals surface area contributed by atoms with E-state index in [0.29, 0.717) is 20.9 Å². The number of ether oxygens (including phenoxy) is 1. The Morgan fingerprint density at radius 1 is 1.21 bits per heavy atom. The minimum absolute atomic E-state index is 0.116. The smallest absolute Gasteiger partial charge is 0.350 e. The summed E-state index contributed by atoms with van der Waals surface area (Å²) in [5.74, 6) is -0.731. The zero-order chi connectivity index (χ0) is 24.6. The van der Waals surface area contributed by atoms with E-state index in [1.54, 1.807) is 13.8 Å². The summed E-state index contributed by atoms with van der Waals surface area (Å²) in [5.41, 5.74) is 5.73. The van der Waals surface area contributed by atoms with Gasteiger partial charge >= 0.3 is 5.97 Å². The van der Waals surface area contributed by atoms with Crippen LogP contribution in [-0.2, 0) is 9.53 Å². The zero-order valence-electron chi connectivity index (χ0n) is 19.6. The van der Waals surface area contributed by atoms with Crippen LogP contribution >= 0.6 is 23.1 Å². The molecule has 1 amide bonds. The summed E-state index contributed by atoms with van der Waals surface area (Å²) in [6, 6.07) is 6.30. The molecule has 1 unspecified atom stereocenters. The number of rotatable bonds is 7. The lowest BCUT2D eigenvalue weighted by Gasteiger charge is -2.13. The highest BCUT2D eigenvalue weighted by molar-refractivity contribution is 8.00. The number of nitrogens with zero attached hydrogens (tertiary/aromatic N) is 4. The van der Waals surface area contributed by atoms with Gasteiger partial charge in [-0.3, -0.25) is 9.20 Å². The van der Waals surface area contributed by atoms with Crippen LogP contribution in [0.2, 0.25) is 0 Å². The number of nitrogens with one attached hydrogen (secondary N) is 1. The van der Waals surface area contributed by atoms with Crippen LogP contribution in [0.1, 0.15) is 39.0 Å². The molecule has 10 heteroatoms. The number of fused-ring (bicyclic) bond motifs is 3. The van der Waals surface area contributed by atoms with Crippen molar-refractivity contribution in [1.29, 1.82) is 0 Å². The van der Waals surface area contributed by atoms with Crippen LogP contribution in [0.25, 0.3) is 16.6 Å². The number of aryl methyl sites for hydroxylation is 4. The molecule has 4 aromatic rings. The molecule has 0 radical (unpaired) electrons. The largest absolute Gasteiger partial charge is 0.457 e. The number of pyridine rings is 1. The Morgan fingerprint density at radius 3 is 2.71 bits per heavy atom. The van der Waals surface area contributed by atoms with Gasteiger partial charge in [0.2, 0.25) is 5.91 Å². The number of benzene rings is 1. The van der Waals surface area contributed by atoms with E-state index in [9.17, 15) is 9.59 Å². The van der Waals surface area contributed by atoms with Crippen LogP contribution in [0.5, 0.6) is 0 Å². The summed E-state index contributed by atoms with van der Waals surface area (Å²) in [5, 5.41) is 13.1. The second-order valence-electron chi connectivity index (χ2n) is 8.05. The van der Waals surface area contributed by atoms with Crippen molar-refractivity contribution >= 4 is 56.7 Å². The quantitative estimate of drug-likeness (QED) is 0.218. The van der Waals surface area contributed by atoms with Gasteiger partial charge in [-0.1, -0.05) is 47.4 Å². The Balaban J connectivity index is 1.58. The van der Waals surface area contributed by atoms with Gasteiger partial charge in [-0.2, -0.15) is 0 Å². The highest BCUT2D eigenvalue weighted by atomic mass is 32.2. The number of hydrogen-bond acceptors (Lipinski definition) is 8. The van der Waals surface area contributed by atoms with Crippen molar-refractivity contribution in [2.75, 3.05) is 11.9 Å². The summed E-state index contributed by atoms with van der Waals surface area (Å²) < 4.78 is 7.08. The third kappa shape index (κ3) is 4.55. The van der Waals surface area contributed by atoms with E-state index in [-0.39, 0.29) is 12.5 Å². The lowest BCUT2D eigenvalue weighted by molar-refractivity contribution is -0.115. The Kier molecular flexibility index (Phi) is 6.72. The van der Waals surface area contributed by atoms with Crippen molar-refractivity contribution in [2.24, 2.45) is 0 Å². The Morgan fingerprint density at radius 2 is 1.97 bits per heavy atom. The summed E-state index contributed by atoms with van der Waals surface area (Å²) in [6.07, 6.45) is 1.50. The molecule has 3 aromatic heterocycles. The van der Waals surface area contributed by atoms with Gasteiger partial charge in [0.15, 0.2) is 15.9 Å². The van der Waals surface area contributed by atoms with E-state index in [0.717, 1.165) is 39.0 Å². The van der Waals surface area contributed by atoms with Gasteiger partial charge in [0.1, 0.15) is 11.5 Å². The van der Waals surface area contributed by atoms with Gasteiger partial charge in [0.05, 0.1) is 16.5 Å². The van der Waals surface area contributed by atoms with Gasteiger partial charge in [0, 0.05) is 5.39 Å². The van der Waals surface area contributed by atoms with E-state index in [4.69, 9.17) is 4.74 Å². The summed E-state index contributed by atoms with van der Waals surface area (Å²) >= 11 is 2.41. The summed E-state index contributed by atoms with van der Waals surface area (Å²) in [7, 11) is 0. The predicted octanol–water partition coefficient (Wildman–Crippen LogP) is 5.03. The molecule has 4 rings (SSSR count). The molecule has 176 valence electrons. The van der Waals surface area contributed by atoms with Crippen molar-refractivity contribution in [3.05, 3.63) is 58.1 Å². The number of thiazole rings is 1. The molecular formula is C24H25N5O3S2. The van der Waals surface area contributed by atoms with Crippen molar-refractivity contribution in [2.45, 2.75) is 45.0 Å². The number of thioether (sulfide) groups is 1. The number of hydrogen-bond donors (Lipinski definition) is 1. The maximum atomic E-state index is 12.9. The molecule has 0 fully saturated rings. The number of carbonyl (C=O) groups is 2. The molecular weight excluding hydrogens is 470 g/mol. The van der Waals surface area contributed by atoms with E-state index in [1.165, 1.54) is 23.4 Å². The SMILES string of the molecule is C=CCOC(=O)c1sc(NC(=O)C(C)Sc2nnc3cc(C)c4cc(C)cc(C)c4n23)nc1C. The zero-order valence-corrected chi connectivity index (χ0v) is 21.3. The highest BCUT2D eigenvalue weighted by Gasteiger charge is 2.23. The molecule has 0 bridgehead atoms. The molecule has 0 aliphatic carbocycles. The second-order valence-corrected chi connectivity index (χ2v) is 10.4. The standard InChI is InChI=1S/C24H25N5O3S2/c1-7-8-32-22(31)20-15(5)25-23(34-20)26-21(30)16(6)33-24-28-27-18-11-13(3)17-10-12(2)9-14(4)19(17)29(18)24/h7,9-11,16H,1,8H2,2-6H3,(H,25,26,30). The molecule has 1 atom stereocenters. The molecule has 34 heavy (non-hydrogen) atoms. The first kappa shape index (κ1) is 23.9. The van der Waals surface area contributed by atoms with Gasteiger partial charge < -0.3 is 10.1 Å². The second kappa shape index (κ2) is 9.55. The molecule has 1 aromatic carbocycles. The summed E-state index contributed by atoms with van der Waals surface area (Å²) in [6.45, 7) is 13.4. The van der Waals surface area contributed by atoms with Crippen molar-refractivity contribution < 1.29 is 14.3 Å². The summed E-state index contributed by atoms with van der Waals surface area (Å²) in [4.78, 5) is 29.7. The van der Waals surface area contributed by atoms with Crippen LogP contribution in [0.3, 0.4) is 0 Å². The minimum atomic E-state index is -0.486. The number of aromatic nitrogens is 4. The van der Waals surface area contributed by atoms with Crippen LogP contribution in [0, 0.1) is 27.7 Å². The van der Waals surface area contributed by atoms with Crippen molar-refractivity contribution in [3.63, 3.8) is 0 Å². The maximum Gasteiger partial charge on any atom is 0.350 e. The van der Waals surface area contributed by atoms with Crippen molar-refractivity contribution in [1.82, 2.24) is 19.6 Å². The average Bonchev–Trinajstić information content (AvgIpc) is 3.34. The van der Waals surface area contributed by atoms with E-state index in [2.05, 4.69) is 60.0 Å². The maximum absolute atomic E-state index is 12.9. The van der Waals surface area contributed by atoms with Gasteiger partial charge in [-0.15, -0.1) is 10.2 Å². The highest BCUT2D eigenvalue weighted by Crippen LogP contribution is 2.31. The Hall–Kier alpha value is -3.24. The van der Waals surface area contributed by atoms with Gasteiger partial charge in [0.25, 0.3) is 0 Å².